The van der Waals surface area contributed by atoms with Crippen molar-refractivity contribution in [1.82, 2.24) is 0 Å². The van der Waals surface area contributed by atoms with Crippen LogP contribution < -0.4 is 0 Å². The summed E-state index contributed by atoms with van der Waals surface area (Å²) in [5.74, 6) is -4.49. The fraction of sp³-hybridized carbons (Fsp3) is 0.900. The van der Waals surface area contributed by atoms with E-state index in [1.807, 2.05) is 6.92 Å². The summed E-state index contributed by atoms with van der Waals surface area (Å²) in [4.78, 5) is 11.3. The molecule has 15 heavy (non-hydrogen) atoms. The van der Waals surface area contributed by atoms with Crippen LogP contribution in [0, 0.1) is 0 Å². The number of rotatable bonds is 1. The molecule has 0 saturated carbocycles. The molecule has 5 heteroatoms. The molecule has 86 valence electrons. The summed E-state index contributed by atoms with van der Waals surface area (Å²) in [5.41, 5.74) is 0. The van der Waals surface area contributed by atoms with E-state index in [1.54, 1.807) is 6.92 Å². The van der Waals surface area contributed by atoms with Crippen molar-refractivity contribution in [2.24, 2.45) is 0 Å². The third kappa shape index (κ3) is 1.34. The highest BCUT2D eigenvalue weighted by Gasteiger charge is 2.69. The van der Waals surface area contributed by atoms with Crippen molar-refractivity contribution in [1.29, 1.82) is 0 Å². The van der Waals surface area contributed by atoms with Gasteiger partial charge in [0, 0.05) is 13.3 Å². The second kappa shape index (κ2) is 2.79. The maximum Gasteiger partial charge on any atom is 0.231 e. The third-order valence-corrected chi connectivity index (χ3v) is 3.09. The number of Topliss-reactive ketones (excluding diaryl/α,β-unsaturated/α-hetero) is 1. The summed E-state index contributed by atoms with van der Waals surface area (Å²) >= 11 is 0. The Kier molecular flexibility index (Phi) is 2.05. The van der Waals surface area contributed by atoms with Gasteiger partial charge in [-0.3, -0.25) is 4.79 Å². The molecule has 2 saturated heterocycles. The van der Waals surface area contributed by atoms with E-state index in [4.69, 9.17) is 14.2 Å². The largest absolute Gasteiger partial charge is 0.361 e. The lowest BCUT2D eigenvalue weighted by Gasteiger charge is -2.26. The van der Waals surface area contributed by atoms with E-state index >= 15 is 0 Å². The summed E-state index contributed by atoms with van der Waals surface area (Å²) in [5, 5.41) is 10.2. The minimum Gasteiger partial charge on any atom is -0.361 e. The van der Waals surface area contributed by atoms with Crippen molar-refractivity contribution in [2.75, 3.05) is 0 Å². The molecule has 0 aromatic heterocycles. The van der Waals surface area contributed by atoms with Crippen LogP contribution in [0.1, 0.15) is 34.1 Å². The van der Waals surface area contributed by atoms with E-state index in [0.29, 0.717) is 6.42 Å². The summed E-state index contributed by atoms with van der Waals surface area (Å²) < 4.78 is 16.3. The predicted octanol–water partition coefficient (Wildman–Crippen LogP) is 0.552. The lowest BCUT2D eigenvalue weighted by Crippen LogP contribution is -2.45. The van der Waals surface area contributed by atoms with Gasteiger partial charge in [-0.25, -0.2) is 0 Å². The monoisotopic (exact) mass is 216 g/mol. The third-order valence-electron chi connectivity index (χ3n) is 3.09. The molecule has 0 unspecified atom stereocenters. The maximum atomic E-state index is 11.3. The quantitative estimate of drug-likeness (QED) is 0.693. The second-order valence-corrected chi connectivity index (χ2v) is 4.57. The zero-order chi connectivity index (χ0) is 11.5. The molecule has 0 spiro atoms. The number of carbonyl (C=O) groups is 1. The van der Waals surface area contributed by atoms with Gasteiger partial charge in [0.1, 0.15) is 0 Å². The Balaban J connectivity index is 2.32. The minimum atomic E-state index is -1.53. The number of ether oxygens (including phenoxy) is 3. The van der Waals surface area contributed by atoms with Crippen molar-refractivity contribution >= 4 is 5.78 Å². The van der Waals surface area contributed by atoms with Crippen LogP contribution >= 0.6 is 0 Å². The van der Waals surface area contributed by atoms with E-state index in [2.05, 4.69) is 0 Å². The fourth-order valence-corrected chi connectivity index (χ4v) is 2.19. The van der Waals surface area contributed by atoms with Crippen LogP contribution in [0.5, 0.6) is 0 Å². The Labute approximate surface area is 88.3 Å². The van der Waals surface area contributed by atoms with E-state index in [0.717, 1.165) is 0 Å². The Morgan fingerprint density at radius 2 is 2.00 bits per heavy atom. The molecule has 2 heterocycles. The molecule has 5 nitrogen and oxygen atoms in total. The summed E-state index contributed by atoms with van der Waals surface area (Å²) in [7, 11) is 0. The van der Waals surface area contributed by atoms with Gasteiger partial charge in [-0.05, 0) is 20.8 Å². The number of hydrogen-bond donors (Lipinski definition) is 1. The molecule has 1 N–H and O–H groups in total. The van der Waals surface area contributed by atoms with Crippen LogP contribution in [0.3, 0.4) is 0 Å². The van der Waals surface area contributed by atoms with Crippen LogP contribution in [0.4, 0.5) is 0 Å². The smallest absolute Gasteiger partial charge is 0.231 e. The molecule has 0 amide bonds. The minimum absolute atomic E-state index is 0.156. The molecular formula is C10H16O5. The molecule has 0 aromatic carbocycles. The van der Waals surface area contributed by atoms with Crippen LogP contribution in [0.15, 0.2) is 0 Å². The molecule has 2 fully saturated rings. The number of carbonyl (C=O) groups excluding carboxylic acids is 1. The van der Waals surface area contributed by atoms with Crippen LogP contribution in [-0.2, 0) is 19.0 Å². The Bertz CT molecular complexity index is 295. The zero-order valence-electron chi connectivity index (χ0n) is 9.36. The second-order valence-electron chi connectivity index (χ2n) is 4.57. The highest BCUT2D eigenvalue weighted by Crippen LogP contribution is 2.51. The van der Waals surface area contributed by atoms with Gasteiger partial charge in [-0.15, -0.1) is 0 Å². The van der Waals surface area contributed by atoms with E-state index in [-0.39, 0.29) is 11.9 Å². The Morgan fingerprint density at radius 3 is 2.47 bits per heavy atom. The van der Waals surface area contributed by atoms with Gasteiger partial charge in [-0.1, -0.05) is 0 Å². The van der Waals surface area contributed by atoms with Crippen LogP contribution in [0.2, 0.25) is 0 Å². The molecule has 0 aliphatic carbocycles. The van der Waals surface area contributed by atoms with E-state index in [9.17, 15) is 9.90 Å². The van der Waals surface area contributed by atoms with Gasteiger partial charge in [0.25, 0.3) is 0 Å². The van der Waals surface area contributed by atoms with Crippen molar-refractivity contribution in [3.63, 3.8) is 0 Å². The van der Waals surface area contributed by atoms with Crippen LogP contribution in [-0.4, -0.2) is 34.4 Å². The molecule has 2 aliphatic rings. The fourth-order valence-electron chi connectivity index (χ4n) is 2.19. The first-order chi connectivity index (χ1) is 6.71. The number of hydrogen-bond acceptors (Lipinski definition) is 5. The van der Waals surface area contributed by atoms with Gasteiger partial charge in [-0.2, -0.15) is 0 Å². The van der Waals surface area contributed by atoms with Crippen molar-refractivity contribution in [3.05, 3.63) is 0 Å². The molecule has 0 radical (unpaired) electrons. The van der Waals surface area contributed by atoms with Crippen molar-refractivity contribution in [2.45, 2.75) is 57.6 Å². The maximum absolute atomic E-state index is 11.3. The summed E-state index contributed by atoms with van der Waals surface area (Å²) in [6.45, 7) is 6.26. The number of fused-ring (bicyclic) bond motifs is 1. The molecule has 2 rings (SSSR count). The molecule has 0 aromatic rings. The van der Waals surface area contributed by atoms with Gasteiger partial charge in [0.05, 0.1) is 6.10 Å². The van der Waals surface area contributed by atoms with Gasteiger partial charge < -0.3 is 19.3 Å². The average Bonchev–Trinajstić information content (AvgIpc) is 2.29. The van der Waals surface area contributed by atoms with Crippen molar-refractivity contribution in [3.8, 4) is 0 Å². The Hall–Kier alpha value is -0.490. The molecular weight excluding hydrogens is 200 g/mol. The van der Waals surface area contributed by atoms with Crippen LogP contribution in [0.25, 0.3) is 0 Å². The SMILES string of the molecule is CC(=O)[C@@]1(C)O[C@@]2(C)O[C@@H](C)C[C@]2(O)O1. The Morgan fingerprint density at radius 1 is 1.40 bits per heavy atom. The van der Waals surface area contributed by atoms with E-state index in [1.165, 1.54) is 13.8 Å². The van der Waals surface area contributed by atoms with Crippen molar-refractivity contribution < 1.29 is 24.1 Å². The number of ketones is 1. The first-order valence-corrected chi connectivity index (χ1v) is 5.02. The summed E-state index contributed by atoms with van der Waals surface area (Å²) in [6.07, 6.45) is 0.142. The van der Waals surface area contributed by atoms with E-state index < -0.39 is 17.4 Å². The lowest BCUT2D eigenvalue weighted by molar-refractivity contribution is -0.260. The molecule has 4 atom stereocenters. The first kappa shape index (κ1) is 11.0. The van der Waals surface area contributed by atoms with Gasteiger partial charge in [0.2, 0.25) is 17.4 Å². The highest BCUT2D eigenvalue weighted by atomic mass is 16.9. The zero-order valence-corrected chi connectivity index (χ0v) is 9.36. The lowest BCUT2D eigenvalue weighted by atomic mass is 10.1. The van der Waals surface area contributed by atoms with Gasteiger partial charge in [0.15, 0.2) is 5.78 Å². The normalized spacial score (nSPS) is 54.3. The average molecular weight is 216 g/mol. The topological polar surface area (TPSA) is 65.0 Å². The highest BCUT2D eigenvalue weighted by molar-refractivity contribution is 5.83. The molecule has 2 aliphatic heterocycles. The summed E-state index contributed by atoms with van der Waals surface area (Å²) in [6, 6.07) is 0. The predicted molar refractivity (Wildman–Crippen MR) is 49.8 cm³/mol. The first-order valence-electron chi connectivity index (χ1n) is 5.02. The standard InChI is InChI=1S/C10H16O5/c1-6-5-10(12)9(4,13-6)14-8(3,15-10)7(2)11/h6,12H,5H2,1-4H3/t6-,8-,9+,10-/m0/s1. The van der Waals surface area contributed by atoms with Gasteiger partial charge >= 0.3 is 0 Å². The molecule has 0 bridgehead atoms. The number of aliphatic hydroxyl groups is 1.